The van der Waals surface area contributed by atoms with E-state index in [4.69, 9.17) is 0 Å². The van der Waals surface area contributed by atoms with Crippen molar-refractivity contribution in [3.05, 3.63) is 29.6 Å². The van der Waals surface area contributed by atoms with Crippen molar-refractivity contribution < 1.29 is 14.4 Å². The van der Waals surface area contributed by atoms with Crippen molar-refractivity contribution in [3.63, 3.8) is 0 Å². The van der Waals surface area contributed by atoms with Gasteiger partial charge in [0.1, 0.15) is 11.7 Å². The lowest BCUT2D eigenvalue weighted by Gasteiger charge is -2.43. The number of fused-ring (bicyclic) bond motifs is 1. The van der Waals surface area contributed by atoms with E-state index in [1.165, 1.54) is 6.92 Å². The molecular formula is C20H28N4O3. The van der Waals surface area contributed by atoms with Gasteiger partial charge >= 0.3 is 0 Å². The van der Waals surface area contributed by atoms with Crippen molar-refractivity contribution in [1.29, 1.82) is 0 Å². The Labute approximate surface area is 160 Å². The first-order chi connectivity index (χ1) is 12.8. The van der Waals surface area contributed by atoms with E-state index in [2.05, 4.69) is 24.1 Å². The molecule has 0 saturated carbocycles. The summed E-state index contributed by atoms with van der Waals surface area (Å²) in [6.07, 6.45) is 2.90. The van der Waals surface area contributed by atoms with Crippen LogP contribution in [0.15, 0.2) is 18.3 Å². The van der Waals surface area contributed by atoms with E-state index in [0.29, 0.717) is 31.6 Å². The lowest BCUT2D eigenvalue weighted by atomic mass is 9.96. The molecule has 1 N–H and O–H groups in total. The van der Waals surface area contributed by atoms with E-state index in [1.54, 1.807) is 17.2 Å². The molecule has 1 aromatic heterocycles. The summed E-state index contributed by atoms with van der Waals surface area (Å²) in [5, 5.41) is 2.91. The number of hydrogen-bond donors (Lipinski definition) is 1. The third-order valence-electron chi connectivity index (χ3n) is 5.34. The van der Waals surface area contributed by atoms with Crippen LogP contribution in [0.2, 0.25) is 0 Å². The van der Waals surface area contributed by atoms with Gasteiger partial charge in [-0.25, -0.2) is 0 Å². The van der Waals surface area contributed by atoms with E-state index < -0.39 is 6.04 Å². The van der Waals surface area contributed by atoms with E-state index in [0.717, 1.165) is 5.56 Å². The molecule has 1 aromatic rings. The number of aryl methyl sites for hydroxylation is 1. The highest BCUT2D eigenvalue weighted by molar-refractivity contribution is 5.98. The quantitative estimate of drug-likeness (QED) is 0.865. The maximum atomic E-state index is 13.2. The Balaban J connectivity index is 1.88. The summed E-state index contributed by atoms with van der Waals surface area (Å²) in [6, 6.07) is 3.06. The molecule has 0 unspecified atom stereocenters. The molecule has 0 radical (unpaired) electrons. The molecule has 27 heavy (non-hydrogen) atoms. The molecule has 7 nitrogen and oxygen atoms in total. The Morgan fingerprint density at radius 3 is 2.70 bits per heavy atom. The summed E-state index contributed by atoms with van der Waals surface area (Å²) in [7, 11) is 0. The molecule has 2 aliphatic heterocycles. The molecule has 3 heterocycles. The predicted octanol–water partition coefficient (Wildman–Crippen LogP) is 1.37. The molecule has 7 heteroatoms. The molecule has 3 rings (SSSR count). The van der Waals surface area contributed by atoms with Gasteiger partial charge in [0.15, 0.2) is 0 Å². The first-order valence-electron chi connectivity index (χ1n) is 9.58. The Hall–Kier alpha value is -2.44. The van der Waals surface area contributed by atoms with E-state index in [1.807, 2.05) is 17.9 Å². The zero-order valence-electron chi connectivity index (χ0n) is 16.4. The van der Waals surface area contributed by atoms with Crippen molar-refractivity contribution >= 4 is 17.7 Å². The number of amides is 3. The van der Waals surface area contributed by atoms with Crippen LogP contribution in [-0.4, -0.2) is 63.7 Å². The molecule has 0 spiro atoms. The van der Waals surface area contributed by atoms with Gasteiger partial charge in [0, 0.05) is 32.3 Å². The predicted molar refractivity (Wildman–Crippen MR) is 101 cm³/mol. The zero-order chi connectivity index (χ0) is 19.7. The second-order valence-electron chi connectivity index (χ2n) is 8.05. The van der Waals surface area contributed by atoms with Crippen LogP contribution >= 0.6 is 0 Å². The summed E-state index contributed by atoms with van der Waals surface area (Å²) in [6.45, 7) is 8.45. The van der Waals surface area contributed by atoms with Crippen LogP contribution in [-0.2, 0) is 9.59 Å². The number of aromatic nitrogens is 1. The smallest absolute Gasteiger partial charge is 0.273 e. The van der Waals surface area contributed by atoms with Crippen LogP contribution in [0.4, 0.5) is 0 Å². The standard InChI is InChI=1S/C20H28N4O3/c1-12(2)8-17-19(26)23-10-15(22-14(4)25)9-16(23)11-24(17)20(27)18-13(3)6-5-7-21-18/h5-7,12,15-17H,8-11H2,1-4H3,(H,22,25)/t15-,16-,17-/m0/s1. The fraction of sp³-hybridized carbons (Fsp3) is 0.600. The first kappa shape index (κ1) is 19.3. The first-order valence-corrected chi connectivity index (χ1v) is 9.58. The fourth-order valence-corrected chi connectivity index (χ4v) is 4.18. The Morgan fingerprint density at radius 1 is 1.33 bits per heavy atom. The molecule has 0 aliphatic carbocycles. The van der Waals surface area contributed by atoms with Crippen molar-refractivity contribution in [2.24, 2.45) is 5.92 Å². The summed E-state index contributed by atoms with van der Waals surface area (Å²) in [5.74, 6) is -0.0168. The highest BCUT2D eigenvalue weighted by Gasteiger charge is 2.47. The van der Waals surface area contributed by atoms with Gasteiger partial charge in [0.05, 0.1) is 6.04 Å². The van der Waals surface area contributed by atoms with Crippen LogP contribution in [0.5, 0.6) is 0 Å². The zero-order valence-corrected chi connectivity index (χ0v) is 16.4. The maximum absolute atomic E-state index is 13.2. The number of carbonyl (C=O) groups excluding carboxylic acids is 3. The number of rotatable bonds is 4. The van der Waals surface area contributed by atoms with Gasteiger partial charge in [0.2, 0.25) is 11.8 Å². The van der Waals surface area contributed by atoms with Crippen LogP contribution in [0.3, 0.4) is 0 Å². The summed E-state index contributed by atoms with van der Waals surface area (Å²) in [4.78, 5) is 45.6. The number of hydrogen-bond acceptors (Lipinski definition) is 4. The normalized spacial score (nSPS) is 24.9. The molecule has 2 fully saturated rings. The molecular weight excluding hydrogens is 344 g/mol. The summed E-state index contributed by atoms with van der Waals surface area (Å²) in [5.41, 5.74) is 1.21. The Bertz CT molecular complexity index is 748. The molecule has 146 valence electrons. The van der Waals surface area contributed by atoms with Gasteiger partial charge in [-0.15, -0.1) is 0 Å². The van der Waals surface area contributed by atoms with Crippen molar-refractivity contribution in [2.75, 3.05) is 13.1 Å². The lowest BCUT2D eigenvalue weighted by molar-refractivity contribution is -0.142. The number of carbonyl (C=O) groups is 3. The average molecular weight is 372 g/mol. The Kier molecular flexibility index (Phi) is 5.48. The van der Waals surface area contributed by atoms with E-state index in [9.17, 15) is 14.4 Å². The number of piperazine rings is 1. The minimum absolute atomic E-state index is 0.0188. The van der Waals surface area contributed by atoms with Gasteiger partial charge in [-0.3, -0.25) is 19.4 Å². The second-order valence-corrected chi connectivity index (χ2v) is 8.05. The number of nitrogens with zero attached hydrogens (tertiary/aromatic N) is 3. The monoisotopic (exact) mass is 372 g/mol. The SMILES string of the molecule is CC(=O)N[C@H]1C[C@H]2CN(C(=O)c3ncccc3C)[C@@H](CC(C)C)C(=O)N2C1. The molecule has 2 aliphatic rings. The van der Waals surface area contributed by atoms with Crippen molar-refractivity contribution in [2.45, 2.75) is 58.7 Å². The van der Waals surface area contributed by atoms with Crippen LogP contribution < -0.4 is 5.32 Å². The maximum Gasteiger partial charge on any atom is 0.273 e. The van der Waals surface area contributed by atoms with Gasteiger partial charge in [-0.2, -0.15) is 0 Å². The third-order valence-corrected chi connectivity index (χ3v) is 5.34. The fourth-order valence-electron chi connectivity index (χ4n) is 4.18. The van der Waals surface area contributed by atoms with Gasteiger partial charge < -0.3 is 15.1 Å². The van der Waals surface area contributed by atoms with E-state index in [-0.39, 0.29) is 35.7 Å². The molecule has 3 amide bonds. The second kappa shape index (κ2) is 7.66. The topological polar surface area (TPSA) is 82.6 Å². The molecule has 2 saturated heterocycles. The summed E-state index contributed by atoms with van der Waals surface area (Å²) >= 11 is 0. The van der Waals surface area contributed by atoms with Crippen LogP contribution in [0, 0.1) is 12.8 Å². The van der Waals surface area contributed by atoms with Crippen molar-refractivity contribution in [3.8, 4) is 0 Å². The highest BCUT2D eigenvalue weighted by Crippen LogP contribution is 2.30. The van der Waals surface area contributed by atoms with Crippen LogP contribution in [0.1, 0.15) is 49.7 Å². The van der Waals surface area contributed by atoms with Gasteiger partial charge in [-0.1, -0.05) is 19.9 Å². The number of nitrogens with one attached hydrogen (secondary N) is 1. The van der Waals surface area contributed by atoms with Gasteiger partial charge in [0.25, 0.3) is 5.91 Å². The van der Waals surface area contributed by atoms with Crippen LogP contribution in [0.25, 0.3) is 0 Å². The minimum Gasteiger partial charge on any atom is -0.352 e. The average Bonchev–Trinajstić information content (AvgIpc) is 2.99. The van der Waals surface area contributed by atoms with E-state index >= 15 is 0 Å². The largest absolute Gasteiger partial charge is 0.352 e. The van der Waals surface area contributed by atoms with Crippen molar-refractivity contribution in [1.82, 2.24) is 20.1 Å². The minimum atomic E-state index is -0.480. The Morgan fingerprint density at radius 2 is 2.07 bits per heavy atom. The molecule has 0 aromatic carbocycles. The molecule has 0 bridgehead atoms. The third kappa shape index (κ3) is 3.96. The molecule has 3 atom stereocenters. The van der Waals surface area contributed by atoms with Gasteiger partial charge in [-0.05, 0) is 37.3 Å². The lowest BCUT2D eigenvalue weighted by Crippen LogP contribution is -2.61. The number of pyridine rings is 1. The summed E-state index contributed by atoms with van der Waals surface area (Å²) < 4.78 is 0. The highest BCUT2D eigenvalue weighted by atomic mass is 16.2.